The Kier molecular flexibility index (Phi) is 3.91. The maximum absolute atomic E-state index is 11.6. The summed E-state index contributed by atoms with van der Waals surface area (Å²) in [7, 11) is 0. The smallest absolute Gasteiger partial charge is 0.311 e. The predicted octanol–water partition coefficient (Wildman–Crippen LogP) is 0.341. The molecule has 1 rings (SSSR count). The van der Waals surface area contributed by atoms with Crippen LogP contribution in [-0.2, 0) is 9.59 Å². The molecule has 16 heavy (non-hydrogen) atoms. The van der Waals surface area contributed by atoms with Gasteiger partial charge in [-0.15, -0.1) is 0 Å². The van der Waals surface area contributed by atoms with Gasteiger partial charge in [0.1, 0.15) is 0 Å². The Morgan fingerprint density at radius 2 is 2.00 bits per heavy atom. The van der Waals surface area contributed by atoms with Crippen LogP contribution >= 0.6 is 0 Å². The first-order valence-electron chi connectivity index (χ1n) is 5.66. The van der Waals surface area contributed by atoms with E-state index in [1.165, 1.54) is 0 Å². The highest BCUT2D eigenvalue weighted by Crippen LogP contribution is 2.40. The molecule has 1 aliphatic carbocycles. The molecule has 0 radical (unpaired) electrons. The minimum Gasteiger partial charge on any atom is -0.481 e. The van der Waals surface area contributed by atoms with Gasteiger partial charge in [-0.1, -0.05) is 20.3 Å². The molecule has 0 spiro atoms. The van der Waals surface area contributed by atoms with Gasteiger partial charge in [-0.25, -0.2) is 0 Å². The molecule has 0 bridgehead atoms. The van der Waals surface area contributed by atoms with Crippen molar-refractivity contribution in [2.24, 2.45) is 17.1 Å². The summed E-state index contributed by atoms with van der Waals surface area (Å²) < 4.78 is 0. The molecule has 4 N–H and O–H groups in total. The molecule has 1 fully saturated rings. The first-order chi connectivity index (χ1) is 7.39. The molecule has 1 atom stereocenters. The van der Waals surface area contributed by atoms with Gasteiger partial charge in [0.05, 0.1) is 11.5 Å². The minimum atomic E-state index is -0.822. The fourth-order valence-corrected chi connectivity index (χ4v) is 1.75. The van der Waals surface area contributed by atoms with Gasteiger partial charge in [-0.05, 0) is 18.8 Å². The topological polar surface area (TPSA) is 92.4 Å². The van der Waals surface area contributed by atoms with Crippen LogP contribution in [0, 0.1) is 11.3 Å². The van der Waals surface area contributed by atoms with Gasteiger partial charge < -0.3 is 16.2 Å². The lowest BCUT2D eigenvalue weighted by molar-refractivity contribution is -0.154. The number of carbonyl (C=O) groups excluding carboxylic acids is 1. The molecular weight excluding hydrogens is 208 g/mol. The lowest BCUT2D eigenvalue weighted by Crippen LogP contribution is -2.52. The molecule has 0 aliphatic heterocycles. The molecule has 5 nitrogen and oxygen atoms in total. The Balaban J connectivity index is 2.45. The number of hydrogen-bond acceptors (Lipinski definition) is 3. The molecule has 92 valence electrons. The fraction of sp³-hybridized carbons (Fsp3) is 0.818. The summed E-state index contributed by atoms with van der Waals surface area (Å²) in [6, 6.07) is -0.564. The molecule has 1 saturated carbocycles. The SMILES string of the molecule is CC(C)[C@@H](N)C(=O)NCC1(C(=O)O)CCC1. The van der Waals surface area contributed by atoms with Crippen molar-refractivity contribution in [3.63, 3.8) is 0 Å². The number of carboxylic acids is 1. The molecule has 1 aliphatic rings. The third-order valence-electron chi connectivity index (χ3n) is 3.39. The summed E-state index contributed by atoms with van der Waals surface area (Å²) in [4.78, 5) is 22.6. The Labute approximate surface area is 95.4 Å². The monoisotopic (exact) mass is 228 g/mol. The van der Waals surface area contributed by atoms with Gasteiger partial charge in [0.25, 0.3) is 0 Å². The van der Waals surface area contributed by atoms with E-state index in [1.54, 1.807) is 0 Å². The van der Waals surface area contributed by atoms with Crippen molar-refractivity contribution in [1.29, 1.82) is 0 Å². The second-order valence-electron chi connectivity index (χ2n) is 4.93. The normalized spacial score (nSPS) is 20.0. The van der Waals surface area contributed by atoms with Crippen molar-refractivity contribution in [3.05, 3.63) is 0 Å². The van der Waals surface area contributed by atoms with Gasteiger partial charge in [-0.3, -0.25) is 9.59 Å². The van der Waals surface area contributed by atoms with E-state index in [2.05, 4.69) is 5.32 Å². The molecule has 0 unspecified atom stereocenters. The van der Waals surface area contributed by atoms with Crippen LogP contribution in [0.5, 0.6) is 0 Å². The number of nitrogens with two attached hydrogens (primary N) is 1. The van der Waals surface area contributed by atoms with Crippen molar-refractivity contribution in [2.75, 3.05) is 6.54 Å². The Morgan fingerprint density at radius 1 is 1.44 bits per heavy atom. The molecule has 0 heterocycles. The molecular formula is C11H20N2O3. The fourth-order valence-electron chi connectivity index (χ4n) is 1.75. The van der Waals surface area contributed by atoms with Crippen molar-refractivity contribution >= 4 is 11.9 Å². The summed E-state index contributed by atoms with van der Waals surface area (Å²) in [6.45, 7) is 3.92. The minimum absolute atomic E-state index is 0.0576. The molecule has 1 amide bonds. The number of rotatable bonds is 5. The van der Waals surface area contributed by atoms with E-state index in [-0.39, 0.29) is 18.4 Å². The zero-order chi connectivity index (χ0) is 12.3. The maximum Gasteiger partial charge on any atom is 0.311 e. The van der Waals surface area contributed by atoms with Crippen LogP contribution in [0.2, 0.25) is 0 Å². The maximum atomic E-state index is 11.6. The second kappa shape index (κ2) is 4.82. The highest BCUT2D eigenvalue weighted by atomic mass is 16.4. The van der Waals surface area contributed by atoms with E-state index < -0.39 is 17.4 Å². The quantitative estimate of drug-likeness (QED) is 0.632. The van der Waals surface area contributed by atoms with Gasteiger partial charge in [0.2, 0.25) is 5.91 Å². The van der Waals surface area contributed by atoms with Gasteiger partial charge >= 0.3 is 5.97 Å². The number of amides is 1. The first-order valence-corrected chi connectivity index (χ1v) is 5.66. The van der Waals surface area contributed by atoms with Crippen LogP contribution in [0.3, 0.4) is 0 Å². The van der Waals surface area contributed by atoms with Crippen molar-refractivity contribution in [1.82, 2.24) is 5.32 Å². The molecule has 0 aromatic carbocycles. The number of carboxylic acid groups (broad SMARTS) is 1. The van der Waals surface area contributed by atoms with Gasteiger partial charge in [0, 0.05) is 6.54 Å². The van der Waals surface area contributed by atoms with Gasteiger partial charge in [-0.2, -0.15) is 0 Å². The van der Waals surface area contributed by atoms with Crippen LogP contribution in [0.1, 0.15) is 33.1 Å². The molecule has 0 saturated heterocycles. The Hall–Kier alpha value is -1.10. The van der Waals surface area contributed by atoms with Crippen LogP contribution in [0.4, 0.5) is 0 Å². The van der Waals surface area contributed by atoms with Crippen LogP contribution in [0.15, 0.2) is 0 Å². The lowest BCUT2D eigenvalue weighted by Gasteiger charge is -2.37. The predicted molar refractivity (Wildman–Crippen MR) is 59.7 cm³/mol. The number of hydrogen-bond donors (Lipinski definition) is 3. The molecule has 5 heteroatoms. The van der Waals surface area contributed by atoms with E-state index in [9.17, 15) is 9.59 Å². The highest BCUT2D eigenvalue weighted by Gasteiger charge is 2.44. The van der Waals surface area contributed by atoms with Crippen molar-refractivity contribution < 1.29 is 14.7 Å². The third-order valence-corrected chi connectivity index (χ3v) is 3.39. The number of nitrogens with one attached hydrogen (secondary N) is 1. The van der Waals surface area contributed by atoms with E-state index in [0.717, 1.165) is 6.42 Å². The summed E-state index contributed by atoms with van der Waals surface area (Å²) in [5.41, 5.74) is 4.92. The summed E-state index contributed by atoms with van der Waals surface area (Å²) >= 11 is 0. The summed E-state index contributed by atoms with van der Waals surface area (Å²) in [6.07, 6.45) is 2.19. The zero-order valence-electron chi connectivity index (χ0n) is 9.82. The van der Waals surface area contributed by atoms with E-state index in [0.29, 0.717) is 12.8 Å². The molecule has 0 aromatic heterocycles. The van der Waals surface area contributed by atoms with Gasteiger partial charge in [0.15, 0.2) is 0 Å². The van der Waals surface area contributed by atoms with E-state index >= 15 is 0 Å². The number of carbonyl (C=O) groups is 2. The summed E-state index contributed by atoms with van der Waals surface area (Å²) in [5, 5.41) is 11.7. The lowest BCUT2D eigenvalue weighted by atomic mass is 9.69. The first kappa shape index (κ1) is 13.0. The second-order valence-corrected chi connectivity index (χ2v) is 4.93. The van der Waals surface area contributed by atoms with Crippen LogP contribution in [0.25, 0.3) is 0 Å². The number of aliphatic carboxylic acids is 1. The zero-order valence-corrected chi connectivity index (χ0v) is 9.82. The van der Waals surface area contributed by atoms with Crippen LogP contribution < -0.4 is 11.1 Å². The Bertz CT molecular complexity index is 285. The average Bonchev–Trinajstić information content (AvgIpc) is 2.13. The highest BCUT2D eigenvalue weighted by molar-refractivity contribution is 5.83. The summed E-state index contributed by atoms with van der Waals surface area (Å²) in [5.74, 6) is -1.03. The van der Waals surface area contributed by atoms with E-state index in [1.807, 2.05) is 13.8 Å². The third kappa shape index (κ3) is 2.52. The van der Waals surface area contributed by atoms with Crippen molar-refractivity contribution in [2.45, 2.75) is 39.2 Å². The standard InChI is InChI=1S/C11H20N2O3/c1-7(2)8(12)9(14)13-6-11(10(15)16)4-3-5-11/h7-8H,3-6,12H2,1-2H3,(H,13,14)(H,15,16)/t8-/m1/s1. The Morgan fingerprint density at radius 3 is 2.31 bits per heavy atom. The average molecular weight is 228 g/mol. The van der Waals surface area contributed by atoms with Crippen molar-refractivity contribution in [3.8, 4) is 0 Å². The van der Waals surface area contributed by atoms with Crippen LogP contribution in [-0.4, -0.2) is 29.6 Å². The van der Waals surface area contributed by atoms with E-state index in [4.69, 9.17) is 10.8 Å². The molecule has 0 aromatic rings. The largest absolute Gasteiger partial charge is 0.481 e.